The maximum atomic E-state index is 11.6. The van der Waals surface area contributed by atoms with Crippen LogP contribution in [0.15, 0.2) is 53.3 Å². The number of nitrogens with one attached hydrogen (secondary N) is 1. The average Bonchev–Trinajstić information content (AvgIpc) is 2.88. The minimum Gasteiger partial charge on any atom is -0.461 e. The van der Waals surface area contributed by atoms with Gasteiger partial charge in [-0.15, -0.1) is 0 Å². The second-order valence-electron chi connectivity index (χ2n) is 3.73. The lowest BCUT2D eigenvalue weighted by Crippen LogP contribution is -1.95. The summed E-state index contributed by atoms with van der Waals surface area (Å²) in [5.74, 6) is 0.128. The molecule has 1 N–H and O–H groups in total. The Morgan fingerprint density at radius 1 is 1.33 bits per heavy atom. The molecule has 0 saturated carbocycles. The van der Waals surface area contributed by atoms with Gasteiger partial charge in [-0.25, -0.2) is 0 Å². The molecule has 0 saturated heterocycles. The van der Waals surface area contributed by atoms with Crippen molar-refractivity contribution >= 4 is 23.1 Å². The minimum atomic E-state index is -0.188. The van der Waals surface area contributed by atoms with E-state index in [-0.39, 0.29) is 5.78 Å². The third kappa shape index (κ3) is 2.81. The van der Waals surface area contributed by atoms with Crippen molar-refractivity contribution in [3.05, 3.63) is 65.2 Å². The number of allylic oxidation sites excluding steroid dienone is 1. The number of hydrogen-bond donors (Lipinski definition) is 1. The van der Waals surface area contributed by atoms with Gasteiger partial charge in [-0.05, 0) is 36.8 Å². The van der Waals surface area contributed by atoms with Crippen molar-refractivity contribution < 1.29 is 9.21 Å². The second kappa shape index (κ2) is 5.56. The number of ketones is 1. The van der Waals surface area contributed by atoms with E-state index in [0.29, 0.717) is 10.8 Å². The van der Waals surface area contributed by atoms with Gasteiger partial charge in [-0.2, -0.15) is 0 Å². The number of rotatable bonds is 4. The third-order valence-electron chi connectivity index (χ3n) is 2.51. The zero-order valence-corrected chi connectivity index (χ0v) is 10.6. The molecule has 0 unspecified atom stereocenters. The van der Waals surface area contributed by atoms with Crippen molar-refractivity contribution in [3.63, 3.8) is 0 Å². The standard InChI is InChI=1S/C14H12ClNO2/c1-10-11(15)4-2-5-12(10)16-8-7-13(17)14-6-3-9-18-14/h2-9,16H,1H3/b8-7+. The summed E-state index contributed by atoms with van der Waals surface area (Å²) in [4.78, 5) is 11.6. The van der Waals surface area contributed by atoms with E-state index in [9.17, 15) is 4.79 Å². The summed E-state index contributed by atoms with van der Waals surface area (Å²) in [5.41, 5.74) is 1.81. The van der Waals surface area contributed by atoms with Crippen LogP contribution in [-0.4, -0.2) is 5.78 Å². The predicted molar refractivity (Wildman–Crippen MR) is 72.0 cm³/mol. The molecule has 1 heterocycles. The SMILES string of the molecule is Cc1c(Cl)cccc1N/C=C/C(=O)c1ccco1. The molecule has 0 spiro atoms. The largest absolute Gasteiger partial charge is 0.461 e. The van der Waals surface area contributed by atoms with Crippen LogP contribution in [-0.2, 0) is 0 Å². The summed E-state index contributed by atoms with van der Waals surface area (Å²) < 4.78 is 4.99. The number of halogens is 1. The molecule has 18 heavy (non-hydrogen) atoms. The number of furan rings is 1. The molecule has 3 nitrogen and oxygen atoms in total. The normalized spacial score (nSPS) is 10.8. The Morgan fingerprint density at radius 3 is 2.89 bits per heavy atom. The molecule has 0 radical (unpaired) electrons. The molecule has 0 amide bonds. The van der Waals surface area contributed by atoms with E-state index in [1.807, 2.05) is 25.1 Å². The number of benzene rings is 1. The molecule has 1 aromatic heterocycles. The van der Waals surface area contributed by atoms with E-state index in [4.69, 9.17) is 16.0 Å². The van der Waals surface area contributed by atoms with Crippen LogP contribution < -0.4 is 5.32 Å². The molecule has 92 valence electrons. The quantitative estimate of drug-likeness (QED) is 0.667. The molecule has 2 aromatic rings. The number of anilines is 1. The van der Waals surface area contributed by atoms with Gasteiger partial charge in [0.2, 0.25) is 5.78 Å². The molecule has 0 atom stereocenters. The van der Waals surface area contributed by atoms with Crippen molar-refractivity contribution in [1.82, 2.24) is 0 Å². The lowest BCUT2D eigenvalue weighted by atomic mass is 10.2. The van der Waals surface area contributed by atoms with Crippen molar-refractivity contribution in [3.8, 4) is 0 Å². The van der Waals surface area contributed by atoms with Crippen molar-refractivity contribution in [1.29, 1.82) is 0 Å². The molecular formula is C14H12ClNO2. The fourth-order valence-corrected chi connectivity index (χ4v) is 1.65. The molecule has 0 fully saturated rings. The van der Waals surface area contributed by atoms with E-state index >= 15 is 0 Å². The zero-order valence-electron chi connectivity index (χ0n) is 9.81. The second-order valence-corrected chi connectivity index (χ2v) is 4.14. The summed E-state index contributed by atoms with van der Waals surface area (Å²) >= 11 is 5.99. The van der Waals surface area contributed by atoms with Gasteiger partial charge in [0.1, 0.15) is 0 Å². The Morgan fingerprint density at radius 2 is 2.17 bits per heavy atom. The van der Waals surface area contributed by atoms with Gasteiger partial charge in [0.25, 0.3) is 0 Å². The molecule has 0 aliphatic rings. The van der Waals surface area contributed by atoms with Gasteiger partial charge >= 0.3 is 0 Å². The highest BCUT2D eigenvalue weighted by atomic mass is 35.5. The van der Waals surface area contributed by atoms with Crippen LogP contribution in [0.3, 0.4) is 0 Å². The van der Waals surface area contributed by atoms with Crippen LogP contribution in [0, 0.1) is 6.92 Å². The molecule has 4 heteroatoms. The van der Waals surface area contributed by atoms with E-state index in [1.54, 1.807) is 18.3 Å². The summed E-state index contributed by atoms with van der Waals surface area (Å²) in [6.45, 7) is 1.91. The Hall–Kier alpha value is -2.00. The van der Waals surface area contributed by atoms with Crippen LogP contribution in [0.25, 0.3) is 0 Å². The summed E-state index contributed by atoms with van der Waals surface area (Å²) in [7, 11) is 0. The van der Waals surface area contributed by atoms with Gasteiger partial charge in [0.05, 0.1) is 6.26 Å². The maximum Gasteiger partial charge on any atom is 0.222 e. The predicted octanol–water partition coefficient (Wildman–Crippen LogP) is 4.05. The van der Waals surface area contributed by atoms with Crippen molar-refractivity contribution in [2.45, 2.75) is 6.92 Å². The van der Waals surface area contributed by atoms with Gasteiger partial charge in [0, 0.05) is 23.0 Å². The first-order chi connectivity index (χ1) is 8.68. The Balaban J connectivity index is 2.03. The van der Waals surface area contributed by atoms with Gasteiger partial charge in [0.15, 0.2) is 5.76 Å². The zero-order chi connectivity index (χ0) is 13.0. The number of hydrogen-bond acceptors (Lipinski definition) is 3. The van der Waals surface area contributed by atoms with E-state index in [2.05, 4.69) is 5.32 Å². The van der Waals surface area contributed by atoms with Crippen LogP contribution in [0.5, 0.6) is 0 Å². The fraction of sp³-hybridized carbons (Fsp3) is 0.0714. The Bertz CT molecular complexity index is 573. The highest BCUT2D eigenvalue weighted by Gasteiger charge is 2.04. The Labute approximate surface area is 110 Å². The Kier molecular flexibility index (Phi) is 3.85. The molecule has 0 aliphatic carbocycles. The van der Waals surface area contributed by atoms with Crippen LogP contribution in [0.4, 0.5) is 5.69 Å². The topological polar surface area (TPSA) is 42.2 Å². The smallest absolute Gasteiger partial charge is 0.222 e. The van der Waals surface area contributed by atoms with Gasteiger partial charge in [-0.1, -0.05) is 17.7 Å². The van der Waals surface area contributed by atoms with Gasteiger partial charge < -0.3 is 9.73 Å². The average molecular weight is 262 g/mol. The van der Waals surface area contributed by atoms with E-state index in [1.165, 1.54) is 12.3 Å². The minimum absolute atomic E-state index is 0.188. The monoisotopic (exact) mass is 261 g/mol. The third-order valence-corrected chi connectivity index (χ3v) is 2.91. The first-order valence-electron chi connectivity index (χ1n) is 5.44. The molecular weight excluding hydrogens is 250 g/mol. The fourth-order valence-electron chi connectivity index (χ4n) is 1.47. The lowest BCUT2D eigenvalue weighted by molar-refractivity contribution is 0.102. The van der Waals surface area contributed by atoms with Crippen LogP contribution in [0.2, 0.25) is 5.02 Å². The van der Waals surface area contributed by atoms with Crippen LogP contribution >= 0.6 is 11.6 Å². The lowest BCUT2D eigenvalue weighted by Gasteiger charge is -2.06. The van der Waals surface area contributed by atoms with Gasteiger partial charge in [-0.3, -0.25) is 4.79 Å². The highest BCUT2D eigenvalue weighted by molar-refractivity contribution is 6.31. The highest BCUT2D eigenvalue weighted by Crippen LogP contribution is 2.22. The van der Waals surface area contributed by atoms with Crippen molar-refractivity contribution in [2.75, 3.05) is 5.32 Å². The molecule has 0 aliphatic heterocycles. The van der Waals surface area contributed by atoms with E-state index in [0.717, 1.165) is 11.3 Å². The van der Waals surface area contributed by atoms with Crippen molar-refractivity contribution in [2.24, 2.45) is 0 Å². The maximum absolute atomic E-state index is 11.6. The number of carbonyl (C=O) groups excluding carboxylic acids is 1. The first-order valence-corrected chi connectivity index (χ1v) is 5.82. The molecule has 2 rings (SSSR count). The number of carbonyl (C=O) groups is 1. The first kappa shape index (κ1) is 12.5. The summed E-state index contributed by atoms with van der Waals surface area (Å²) in [6.07, 6.45) is 4.46. The van der Waals surface area contributed by atoms with E-state index < -0.39 is 0 Å². The summed E-state index contributed by atoms with van der Waals surface area (Å²) in [6, 6.07) is 8.86. The van der Waals surface area contributed by atoms with Crippen LogP contribution in [0.1, 0.15) is 16.1 Å². The molecule has 0 bridgehead atoms. The molecule has 1 aromatic carbocycles. The summed E-state index contributed by atoms with van der Waals surface area (Å²) in [5, 5.41) is 3.71.